The van der Waals surface area contributed by atoms with Gasteiger partial charge in [-0.3, -0.25) is 0 Å². The van der Waals surface area contributed by atoms with Crippen LogP contribution in [0, 0.1) is 6.92 Å². The summed E-state index contributed by atoms with van der Waals surface area (Å²) in [5.74, 6) is 1.44. The van der Waals surface area contributed by atoms with Gasteiger partial charge in [-0.2, -0.15) is 0 Å². The van der Waals surface area contributed by atoms with Crippen molar-refractivity contribution in [2.75, 3.05) is 13.3 Å². The Morgan fingerprint density at radius 1 is 1.30 bits per heavy atom. The number of thiophene rings is 1. The largest absolute Gasteiger partial charge is 0.454 e. The molecule has 3 rings (SSSR count). The maximum atomic E-state index is 10.2. The zero-order valence-corrected chi connectivity index (χ0v) is 12.1. The van der Waals surface area contributed by atoms with E-state index in [4.69, 9.17) is 9.47 Å². The summed E-state index contributed by atoms with van der Waals surface area (Å²) in [7, 11) is 0. The summed E-state index contributed by atoms with van der Waals surface area (Å²) in [6, 6.07) is 7.65. The Kier molecular flexibility index (Phi) is 3.91. The summed E-state index contributed by atoms with van der Waals surface area (Å²) in [5, 5.41) is 15.6. The molecule has 0 spiro atoms. The van der Waals surface area contributed by atoms with Crippen molar-refractivity contribution in [1.82, 2.24) is 5.32 Å². The van der Waals surface area contributed by atoms with Gasteiger partial charge in [-0.1, -0.05) is 6.07 Å². The fourth-order valence-corrected chi connectivity index (χ4v) is 3.02. The third-order valence-corrected chi connectivity index (χ3v) is 4.40. The Bertz CT molecular complexity index is 597. The van der Waals surface area contributed by atoms with Crippen LogP contribution in [0.3, 0.4) is 0 Å². The lowest BCUT2D eigenvalue weighted by molar-refractivity contribution is 0.170. The van der Waals surface area contributed by atoms with E-state index in [-0.39, 0.29) is 6.79 Å². The van der Waals surface area contributed by atoms with Gasteiger partial charge in [-0.25, -0.2) is 0 Å². The van der Waals surface area contributed by atoms with E-state index in [9.17, 15) is 5.11 Å². The molecule has 1 unspecified atom stereocenters. The van der Waals surface area contributed by atoms with E-state index in [0.717, 1.165) is 17.9 Å². The molecule has 1 aliphatic rings. The van der Waals surface area contributed by atoms with Crippen molar-refractivity contribution in [1.29, 1.82) is 0 Å². The Hall–Kier alpha value is -1.56. The van der Waals surface area contributed by atoms with E-state index in [0.29, 0.717) is 12.3 Å². The summed E-state index contributed by atoms with van der Waals surface area (Å²) in [6.07, 6.45) is -0.551. The highest BCUT2D eigenvalue weighted by Crippen LogP contribution is 2.34. The maximum Gasteiger partial charge on any atom is 0.231 e. The lowest BCUT2D eigenvalue weighted by atomic mass is 10.1. The Labute approximate surface area is 122 Å². The first-order valence-electron chi connectivity index (χ1n) is 6.55. The van der Waals surface area contributed by atoms with Gasteiger partial charge < -0.3 is 19.9 Å². The molecule has 1 aromatic heterocycles. The number of rotatable bonds is 5. The molecule has 1 atom stereocenters. The first kappa shape index (κ1) is 13.4. The minimum atomic E-state index is -0.551. The average molecular weight is 291 g/mol. The number of ether oxygens (including phenoxy) is 2. The molecule has 0 radical (unpaired) electrons. The highest BCUT2D eigenvalue weighted by molar-refractivity contribution is 7.10. The van der Waals surface area contributed by atoms with E-state index in [1.165, 1.54) is 10.4 Å². The molecule has 2 N–H and O–H groups in total. The molecule has 4 nitrogen and oxygen atoms in total. The monoisotopic (exact) mass is 291 g/mol. The molecule has 0 amide bonds. The minimum Gasteiger partial charge on any atom is -0.454 e. The van der Waals surface area contributed by atoms with Crippen molar-refractivity contribution in [2.45, 2.75) is 19.6 Å². The van der Waals surface area contributed by atoms with E-state index in [1.807, 2.05) is 18.2 Å². The fourth-order valence-electron chi connectivity index (χ4n) is 2.15. The quantitative estimate of drug-likeness (QED) is 0.889. The van der Waals surface area contributed by atoms with Crippen molar-refractivity contribution < 1.29 is 14.6 Å². The fraction of sp³-hybridized carbons (Fsp3) is 0.333. The summed E-state index contributed by atoms with van der Waals surface area (Å²) < 4.78 is 10.6. The number of benzene rings is 1. The smallest absolute Gasteiger partial charge is 0.231 e. The predicted octanol–water partition coefficient (Wildman–Crippen LogP) is 2.61. The van der Waals surface area contributed by atoms with Crippen LogP contribution in [-0.2, 0) is 6.54 Å². The predicted molar refractivity (Wildman–Crippen MR) is 78.3 cm³/mol. The Morgan fingerprint density at radius 2 is 2.15 bits per heavy atom. The number of hydrogen-bond donors (Lipinski definition) is 2. The van der Waals surface area contributed by atoms with Crippen molar-refractivity contribution in [2.24, 2.45) is 0 Å². The van der Waals surface area contributed by atoms with Crippen LogP contribution in [0.25, 0.3) is 0 Å². The van der Waals surface area contributed by atoms with Gasteiger partial charge in [-0.15, -0.1) is 11.3 Å². The molecule has 0 aliphatic carbocycles. The first-order valence-corrected chi connectivity index (χ1v) is 7.43. The van der Waals surface area contributed by atoms with Crippen molar-refractivity contribution >= 4 is 11.3 Å². The van der Waals surface area contributed by atoms with Crippen LogP contribution < -0.4 is 14.8 Å². The van der Waals surface area contributed by atoms with E-state index in [1.54, 1.807) is 11.3 Å². The van der Waals surface area contributed by atoms with Gasteiger partial charge in [-0.05, 0) is 41.6 Å². The first-order chi connectivity index (χ1) is 9.74. The van der Waals surface area contributed by atoms with Crippen molar-refractivity contribution in [3.05, 3.63) is 45.6 Å². The number of fused-ring (bicyclic) bond motifs is 1. The van der Waals surface area contributed by atoms with Gasteiger partial charge in [0.2, 0.25) is 6.79 Å². The Morgan fingerprint density at radius 3 is 2.95 bits per heavy atom. The zero-order chi connectivity index (χ0) is 13.9. The van der Waals surface area contributed by atoms with Crippen LogP contribution in [0.5, 0.6) is 11.5 Å². The van der Waals surface area contributed by atoms with E-state index in [2.05, 4.69) is 23.7 Å². The van der Waals surface area contributed by atoms with Crippen LogP contribution >= 0.6 is 11.3 Å². The van der Waals surface area contributed by atoms with Gasteiger partial charge in [0.05, 0.1) is 6.10 Å². The molecule has 5 heteroatoms. The number of aryl methyl sites for hydroxylation is 1. The SMILES string of the molecule is Cc1ccsc1CNCC(O)c1ccc2c(c1)OCO2. The summed E-state index contributed by atoms with van der Waals surface area (Å²) in [4.78, 5) is 1.31. The highest BCUT2D eigenvalue weighted by atomic mass is 32.1. The normalized spacial score (nSPS) is 14.5. The van der Waals surface area contributed by atoms with Crippen LogP contribution in [0.2, 0.25) is 0 Å². The molecule has 0 saturated heterocycles. The molecule has 0 fully saturated rings. The molecule has 0 saturated carbocycles. The molecule has 0 bridgehead atoms. The lowest BCUT2D eigenvalue weighted by Crippen LogP contribution is -2.20. The Balaban J connectivity index is 1.56. The third kappa shape index (κ3) is 2.80. The molecular formula is C15H17NO3S. The minimum absolute atomic E-state index is 0.255. The second-order valence-corrected chi connectivity index (χ2v) is 5.79. The number of nitrogens with one attached hydrogen (secondary N) is 1. The summed E-state index contributed by atoms with van der Waals surface area (Å²) in [5.41, 5.74) is 2.13. The topological polar surface area (TPSA) is 50.7 Å². The molecule has 1 aromatic carbocycles. The molecule has 1 aliphatic heterocycles. The maximum absolute atomic E-state index is 10.2. The van der Waals surface area contributed by atoms with Gasteiger partial charge in [0.1, 0.15) is 0 Å². The molecule has 20 heavy (non-hydrogen) atoms. The van der Waals surface area contributed by atoms with Crippen LogP contribution in [0.15, 0.2) is 29.6 Å². The highest BCUT2D eigenvalue weighted by Gasteiger charge is 2.16. The second kappa shape index (κ2) is 5.83. The van der Waals surface area contributed by atoms with Crippen LogP contribution in [0.1, 0.15) is 22.1 Å². The van der Waals surface area contributed by atoms with Crippen LogP contribution in [-0.4, -0.2) is 18.4 Å². The van der Waals surface area contributed by atoms with E-state index >= 15 is 0 Å². The number of aliphatic hydroxyl groups is 1. The van der Waals surface area contributed by atoms with Gasteiger partial charge in [0.15, 0.2) is 11.5 Å². The number of hydrogen-bond acceptors (Lipinski definition) is 5. The number of aliphatic hydroxyl groups excluding tert-OH is 1. The third-order valence-electron chi connectivity index (χ3n) is 3.37. The molecule has 106 valence electrons. The van der Waals surface area contributed by atoms with Crippen molar-refractivity contribution in [3.63, 3.8) is 0 Å². The molecular weight excluding hydrogens is 274 g/mol. The zero-order valence-electron chi connectivity index (χ0n) is 11.3. The summed E-state index contributed by atoms with van der Waals surface area (Å²) in [6.45, 7) is 3.65. The average Bonchev–Trinajstić information content (AvgIpc) is 3.07. The standard InChI is InChI=1S/C15H17NO3S/c1-10-4-5-20-15(10)8-16-7-12(17)11-2-3-13-14(6-11)19-9-18-13/h2-6,12,16-17H,7-9H2,1H3. The summed E-state index contributed by atoms with van der Waals surface area (Å²) >= 11 is 1.73. The molecule has 2 aromatic rings. The lowest BCUT2D eigenvalue weighted by Gasteiger charge is -2.12. The van der Waals surface area contributed by atoms with E-state index < -0.39 is 6.10 Å². The van der Waals surface area contributed by atoms with Crippen molar-refractivity contribution in [3.8, 4) is 11.5 Å². The van der Waals surface area contributed by atoms with Crippen LogP contribution in [0.4, 0.5) is 0 Å². The van der Waals surface area contributed by atoms with Gasteiger partial charge >= 0.3 is 0 Å². The second-order valence-electron chi connectivity index (χ2n) is 4.79. The van der Waals surface area contributed by atoms with Gasteiger partial charge in [0.25, 0.3) is 0 Å². The van der Waals surface area contributed by atoms with Gasteiger partial charge in [0, 0.05) is 18.0 Å². The molecule has 2 heterocycles.